The monoisotopic (exact) mass is 384 g/mol. The van der Waals surface area contributed by atoms with Gasteiger partial charge in [0, 0.05) is 24.1 Å². The van der Waals surface area contributed by atoms with Crippen LogP contribution in [0.1, 0.15) is 45.2 Å². The van der Waals surface area contributed by atoms with E-state index in [2.05, 4.69) is 5.32 Å². The van der Waals surface area contributed by atoms with E-state index in [0.29, 0.717) is 12.0 Å². The van der Waals surface area contributed by atoms with Crippen LogP contribution in [-0.2, 0) is 22.6 Å². The van der Waals surface area contributed by atoms with Gasteiger partial charge in [0.15, 0.2) is 0 Å². The van der Waals surface area contributed by atoms with Gasteiger partial charge >= 0.3 is 0 Å². The summed E-state index contributed by atoms with van der Waals surface area (Å²) in [6, 6.07) is 15.3. The number of carbonyl (C=O) groups is 2. The zero-order valence-corrected chi connectivity index (χ0v) is 17.0. The lowest BCUT2D eigenvalue weighted by atomic mass is 10.1. The summed E-state index contributed by atoms with van der Waals surface area (Å²) in [6.07, 6.45) is 0.826. The molecule has 28 heavy (non-hydrogen) atoms. The Hall–Kier alpha value is -2.69. The zero-order valence-electron chi connectivity index (χ0n) is 17.0. The van der Waals surface area contributed by atoms with Gasteiger partial charge in [-0.25, -0.2) is 4.39 Å². The Labute approximate surface area is 166 Å². The van der Waals surface area contributed by atoms with Gasteiger partial charge in [-0.1, -0.05) is 48.5 Å². The van der Waals surface area contributed by atoms with Crippen LogP contribution in [0.4, 0.5) is 4.39 Å². The van der Waals surface area contributed by atoms with E-state index in [1.165, 1.54) is 11.0 Å². The maximum atomic E-state index is 14.2. The van der Waals surface area contributed by atoms with Crippen LogP contribution >= 0.6 is 0 Å². The summed E-state index contributed by atoms with van der Waals surface area (Å²) in [4.78, 5) is 27.1. The van der Waals surface area contributed by atoms with E-state index in [1.807, 2.05) is 51.1 Å². The molecule has 0 aromatic heterocycles. The molecule has 0 radical (unpaired) electrons. The topological polar surface area (TPSA) is 49.4 Å². The summed E-state index contributed by atoms with van der Waals surface area (Å²) < 4.78 is 14.2. The Bertz CT molecular complexity index is 800. The summed E-state index contributed by atoms with van der Waals surface area (Å²) in [6.45, 7) is 7.39. The van der Waals surface area contributed by atoms with Crippen LogP contribution in [0.3, 0.4) is 0 Å². The smallest absolute Gasteiger partial charge is 0.242 e. The second kappa shape index (κ2) is 9.49. The van der Waals surface area contributed by atoms with Crippen molar-refractivity contribution in [1.82, 2.24) is 10.2 Å². The van der Waals surface area contributed by atoms with E-state index in [-0.39, 0.29) is 30.6 Å². The molecule has 5 heteroatoms. The van der Waals surface area contributed by atoms with Gasteiger partial charge in [-0.15, -0.1) is 0 Å². The van der Waals surface area contributed by atoms with Crippen molar-refractivity contribution in [2.45, 2.75) is 58.7 Å². The number of hydrogen-bond acceptors (Lipinski definition) is 2. The minimum absolute atomic E-state index is 0.0546. The van der Waals surface area contributed by atoms with Gasteiger partial charge in [0.2, 0.25) is 11.8 Å². The number of amides is 2. The van der Waals surface area contributed by atoms with Gasteiger partial charge in [-0.2, -0.15) is 0 Å². The summed E-state index contributed by atoms with van der Waals surface area (Å²) in [7, 11) is 0. The molecule has 0 fully saturated rings. The largest absolute Gasteiger partial charge is 0.350 e. The highest BCUT2D eigenvalue weighted by Crippen LogP contribution is 2.16. The summed E-state index contributed by atoms with van der Waals surface area (Å²) in [5.74, 6) is -0.813. The van der Waals surface area contributed by atoms with E-state index in [1.54, 1.807) is 25.1 Å². The number of nitrogens with zero attached hydrogens (tertiary/aromatic N) is 1. The molecule has 0 saturated heterocycles. The van der Waals surface area contributed by atoms with Crippen molar-refractivity contribution in [1.29, 1.82) is 0 Å². The third-order valence-electron chi connectivity index (χ3n) is 4.43. The van der Waals surface area contributed by atoms with E-state index in [9.17, 15) is 14.0 Å². The molecule has 1 N–H and O–H groups in total. The third-order valence-corrected chi connectivity index (χ3v) is 4.43. The molecule has 0 saturated carbocycles. The second-order valence-electron chi connectivity index (χ2n) is 8.01. The molecule has 0 aliphatic heterocycles. The van der Waals surface area contributed by atoms with Crippen molar-refractivity contribution in [3.05, 3.63) is 71.5 Å². The van der Waals surface area contributed by atoms with Crippen molar-refractivity contribution < 1.29 is 14.0 Å². The van der Waals surface area contributed by atoms with Gasteiger partial charge in [-0.05, 0) is 45.7 Å². The Balaban J connectivity index is 2.18. The van der Waals surface area contributed by atoms with Gasteiger partial charge in [0.25, 0.3) is 0 Å². The molecule has 0 unspecified atom stereocenters. The van der Waals surface area contributed by atoms with Crippen molar-refractivity contribution in [3.63, 3.8) is 0 Å². The second-order valence-corrected chi connectivity index (χ2v) is 8.01. The minimum atomic E-state index is -0.706. The molecule has 0 heterocycles. The Morgan fingerprint density at radius 1 is 1.04 bits per heavy atom. The van der Waals surface area contributed by atoms with Gasteiger partial charge in [0.1, 0.15) is 11.9 Å². The standard InChI is InChI=1S/C23H29FN2O2/c1-17(22(28)25-23(2,3)4)26(16-19-12-8-9-13-20(19)24)21(27)15-14-18-10-6-5-7-11-18/h5-13,17H,14-16H2,1-4H3,(H,25,28)/t17-/m1/s1. The van der Waals surface area contributed by atoms with Crippen LogP contribution in [0.5, 0.6) is 0 Å². The molecule has 150 valence electrons. The molecular formula is C23H29FN2O2. The van der Waals surface area contributed by atoms with Crippen molar-refractivity contribution in [3.8, 4) is 0 Å². The fourth-order valence-corrected chi connectivity index (χ4v) is 2.91. The number of rotatable bonds is 7. The lowest BCUT2D eigenvalue weighted by Gasteiger charge is -2.31. The highest BCUT2D eigenvalue weighted by molar-refractivity contribution is 5.87. The first kappa shape index (κ1) is 21.6. The van der Waals surface area contributed by atoms with Crippen LogP contribution < -0.4 is 5.32 Å². The highest BCUT2D eigenvalue weighted by atomic mass is 19.1. The van der Waals surface area contributed by atoms with E-state index in [4.69, 9.17) is 0 Å². The van der Waals surface area contributed by atoms with Crippen molar-refractivity contribution >= 4 is 11.8 Å². The highest BCUT2D eigenvalue weighted by Gasteiger charge is 2.28. The van der Waals surface area contributed by atoms with Crippen LogP contribution in [-0.4, -0.2) is 28.3 Å². The number of benzene rings is 2. The van der Waals surface area contributed by atoms with E-state index >= 15 is 0 Å². The normalized spacial score (nSPS) is 12.3. The number of carbonyl (C=O) groups excluding carboxylic acids is 2. The molecule has 2 amide bonds. The summed E-state index contributed by atoms with van der Waals surface area (Å²) in [5.41, 5.74) is 1.03. The van der Waals surface area contributed by atoms with Crippen LogP contribution in [0.25, 0.3) is 0 Å². The predicted octanol–water partition coefficient (Wildman–Crippen LogP) is 4.09. The molecule has 2 aromatic rings. The summed E-state index contributed by atoms with van der Waals surface area (Å²) >= 11 is 0. The molecule has 0 aliphatic rings. The fourth-order valence-electron chi connectivity index (χ4n) is 2.91. The number of halogens is 1. The van der Waals surface area contributed by atoms with E-state index < -0.39 is 11.6 Å². The lowest BCUT2D eigenvalue weighted by molar-refractivity contribution is -0.141. The first-order valence-corrected chi connectivity index (χ1v) is 9.56. The molecule has 0 bridgehead atoms. The lowest BCUT2D eigenvalue weighted by Crippen LogP contribution is -2.52. The number of nitrogens with one attached hydrogen (secondary N) is 1. The molecule has 2 rings (SSSR count). The zero-order chi connectivity index (χ0) is 20.7. The predicted molar refractivity (Wildman–Crippen MR) is 109 cm³/mol. The van der Waals surface area contributed by atoms with Crippen LogP contribution in [0.15, 0.2) is 54.6 Å². The maximum absolute atomic E-state index is 14.2. The molecule has 4 nitrogen and oxygen atoms in total. The Morgan fingerprint density at radius 2 is 1.64 bits per heavy atom. The van der Waals surface area contributed by atoms with Gasteiger partial charge in [-0.3, -0.25) is 9.59 Å². The van der Waals surface area contributed by atoms with Crippen molar-refractivity contribution in [2.75, 3.05) is 0 Å². The minimum Gasteiger partial charge on any atom is -0.350 e. The average molecular weight is 384 g/mol. The molecule has 2 aromatic carbocycles. The molecule has 1 atom stereocenters. The van der Waals surface area contributed by atoms with Crippen LogP contribution in [0.2, 0.25) is 0 Å². The first-order valence-electron chi connectivity index (χ1n) is 9.56. The first-order chi connectivity index (χ1) is 13.2. The number of aryl methyl sites for hydroxylation is 1. The maximum Gasteiger partial charge on any atom is 0.242 e. The Morgan fingerprint density at radius 3 is 2.25 bits per heavy atom. The van der Waals surface area contributed by atoms with Gasteiger partial charge in [0.05, 0.1) is 0 Å². The molecule has 0 aliphatic carbocycles. The average Bonchev–Trinajstić information content (AvgIpc) is 2.64. The van der Waals surface area contributed by atoms with Crippen LogP contribution in [0, 0.1) is 5.82 Å². The SMILES string of the molecule is C[C@H](C(=O)NC(C)(C)C)N(Cc1ccccc1F)C(=O)CCc1ccccc1. The number of hydrogen-bond donors (Lipinski definition) is 1. The van der Waals surface area contributed by atoms with Crippen molar-refractivity contribution in [2.24, 2.45) is 0 Å². The summed E-state index contributed by atoms with van der Waals surface area (Å²) in [5, 5.41) is 2.90. The Kier molecular flexibility index (Phi) is 7.32. The third kappa shape index (κ3) is 6.48. The van der Waals surface area contributed by atoms with Gasteiger partial charge < -0.3 is 10.2 Å². The quantitative estimate of drug-likeness (QED) is 0.782. The molecular weight excluding hydrogens is 355 g/mol. The molecule has 0 spiro atoms. The fraction of sp³-hybridized carbons (Fsp3) is 0.391. The van der Waals surface area contributed by atoms with E-state index in [0.717, 1.165) is 5.56 Å².